The first-order valence-corrected chi connectivity index (χ1v) is 8.54. The summed E-state index contributed by atoms with van der Waals surface area (Å²) >= 11 is 0.268. The Morgan fingerprint density at radius 2 is 2.00 bits per heavy atom. The van der Waals surface area contributed by atoms with Crippen LogP contribution in [0.25, 0.3) is 0 Å². The maximum atomic E-state index is 5.48. The predicted molar refractivity (Wildman–Crippen MR) is 55.2 cm³/mol. The zero-order valence-electron chi connectivity index (χ0n) is 8.46. The molecule has 0 N–H and O–H groups in total. The van der Waals surface area contributed by atoms with Crippen molar-refractivity contribution in [3.05, 3.63) is 0 Å². The molecule has 0 bridgehead atoms. The molecule has 13 heavy (non-hydrogen) atoms. The Balaban J connectivity index is 1.86. The van der Waals surface area contributed by atoms with Crippen LogP contribution in [0.3, 0.4) is 0 Å². The van der Waals surface area contributed by atoms with Crippen molar-refractivity contribution in [3.63, 3.8) is 0 Å². The fourth-order valence-corrected chi connectivity index (χ4v) is 4.25. The normalized spacial score (nSPS) is 19.2. The van der Waals surface area contributed by atoms with Crippen molar-refractivity contribution in [1.29, 1.82) is 0 Å². The van der Waals surface area contributed by atoms with Crippen molar-refractivity contribution in [3.8, 4) is 0 Å². The van der Waals surface area contributed by atoms with Crippen LogP contribution < -0.4 is 0 Å². The second-order valence-electron chi connectivity index (χ2n) is 3.28. The van der Waals surface area contributed by atoms with E-state index in [4.69, 9.17) is 9.47 Å². The van der Waals surface area contributed by atoms with Crippen LogP contribution in [0.5, 0.6) is 0 Å². The van der Waals surface area contributed by atoms with E-state index in [9.17, 15) is 0 Å². The quantitative estimate of drug-likeness (QED) is 0.554. The molecule has 0 atom stereocenters. The van der Waals surface area contributed by atoms with Gasteiger partial charge in [-0.25, -0.2) is 0 Å². The molecule has 78 valence electrons. The van der Waals surface area contributed by atoms with Crippen LogP contribution in [0, 0.1) is 0 Å². The summed E-state index contributed by atoms with van der Waals surface area (Å²) in [6.45, 7) is 4.07. The van der Waals surface area contributed by atoms with Gasteiger partial charge >= 0.3 is 91.4 Å². The Bertz CT molecular complexity index is 113. The van der Waals surface area contributed by atoms with Crippen molar-refractivity contribution < 1.29 is 9.47 Å². The zero-order valence-corrected chi connectivity index (χ0v) is 10.8. The van der Waals surface area contributed by atoms with Crippen LogP contribution in [0.4, 0.5) is 0 Å². The van der Waals surface area contributed by atoms with Gasteiger partial charge in [0.1, 0.15) is 0 Å². The molecule has 0 radical (unpaired) electrons. The van der Waals surface area contributed by atoms with E-state index in [0.29, 0.717) is 0 Å². The van der Waals surface area contributed by atoms with Gasteiger partial charge in [-0.05, 0) is 0 Å². The molecule has 1 aliphatic rings. The standard InChI is InChI=1S/C10H20O2Te/c1-2-3-8-13-9-5-10-11-6-4-7-12-10/h10H,2-9H2,1H3. The van der Waals surface area contributed by atoms with Gasteiger partial charge in [0.25, 0.3) is 0 Å². The van der Waals surface area contributed by atoms with E-state index in [1.54, 1.807) is 0 Å². The first kappa shape index (κ1) is 11.8. The molecular weight excluding hydrogens is 280 g/mol. The Morgan fingerprint density at radius 1 is 1.23 bits per heavy atom. The van der Waals surface area contributed by atoms with Gasteiger partial charge in [0, 0.05) is 0 Å². The van der Waals surface area contributed by atoms with Crippen molar-refractivity contribution >= 4 is 20.9 Å². The van der Waals surface area contributed by atoms with Crippen molar-refractivity contribution in [2.75, 3.05) is 13.2 Å². The SMILES string of the molecule is CCCC[Te]CCC1OCCCO1. The van der Waals surface area contributed by atoms with E-state index in [-0.39, 0.29) is 27.2 Å². The minimum absolute atomic E-state index is 0.139. The van der Waals surface area contributed by atoms with E-state index in [2.05, 4.69) is 6.92 Å². The second kappa shape index (κ2) is 8.05. The van der Waals surface area contributed by atoms with E-state index in [1.807, 2.05) is 0 Å². The maximum absolute atomic E-state index is 5.48. The Labute approximate surface area is 91.4 Å². The van der Waals surface area contributed by atoms with Gasteiger partial charge in [0.05, 0.1) is 0 Å². The van der Waals surface area contributed by atoms with E-state index >= 15 is 0 Å². The number of hydrogen-bond donors (Lipinski definition) is 0. The number of rotatable bonds is 6. The molecule has 2 nitrogen and oxygen atoms in total. The first-order valence-electron chi connectivity index (χ1n) is 5.24. The van der Waals surface area contributed by atoms with Gasteiger partial charge in [-0.2, -0.15) is 0 Å². The monoisotopic (exact) mass is 302 g/mol. The van der Waals surface area contributed by atoms with Gasteiger partial charge in [-0.3, -0.25) is 0 Å². The van der Waals surface area contributed by atoms with E-state index in [0.717, 1.165) is 26.1 Å². The van der Waals surface area contributed by atoms with Gasteiger partial charge in [-0.1, -0.05) is 0 Å². The molecule has 0 amide bonds. The molecule has 0 aromatic carbocycles. The number of unbranched alkanes of at least 4 members (excludes halogenated alkanes) is 1. The summed E-state index contributed by atoms with van der Waals surface area (Å²) in [6, 6.07) is 0. The van der Waals surface area contributed by atoms with Crippen LogP contribution in [0.1, 0.15) is 32.6 Å². The first-order chi connectivity index (χ1) is 6.43. The molecular formula is C10H20O2Te. The Morgan fingerprint density at radius 3 is 2.69 bits per heavy atom. The average Bonchev–Trinajstić information content (AvgIpc) is 2.19. The molecule has 1 rings (SSSR count). The number of ether oxygens (including phenoxy) is 2. The van der Waals surface area contributed by atoms with Crippen LogP contribution >= 0.6 is 0 Å². The molecule has 0 unspecified atom stereocenters. The van der Waals surface area contributed by atoms with Crippen molar-refractivity contribution in [2.24, 2.45) is 0 Å². The van der Waals surface area contributed by atoms with Crippen LogP contribution in [0.2, 0.25) is 8.94 Å². The van der Waals surface area contributed by atoms with Gasteiger partial charge in [-0.15, -0.1) is 0 Å². The molecule has 1 aliphatic heterocycles. The van der Waals surface area contributed by atoms with Gasteiger partial charge < -0.3 is 0 Å². The molecule has 0 aliphatic carbocycles. The summed E-state index contributed by atoms with van der Waals surface area (Å²) < 4.78 is 13.8. The molecule has 0 saturated carbocycles. The summed E-state index contributed by atoms with van der Waals surface area (Å²) in [6.07, 6.45) is 5.13. The average molecular weight is 300 g/mol. The molecule has 3 heteroatoms. The fraction of sp³-hybridized carbons (Fsp3) is 1.00. The van der Waals surface area contributed by atoms with Crippen LogP contribution in [0.15, 0.2) is 0 Å². The van der Waals surface area contributed by atoms with Crippen LogP contribution in [-0.4, -0.2) is 40.4 Å². The van der Waals surface area contributed by atoms with E-state index in [1.165, 1.54) is 21.8 Å². The summed E-state index contributed by atoms with van der Waals surface area (Å²) in [5.74, 6) is 0. The molecule has 0 aromatic rings. The third kappa shape index (κ3) is 5.91. The number of hydrogen-bond acceptors (Lipinski definition) is 2. The minimum atomic E-state index is 0.139. The van der Waals surface area contributed by atoms with Crippen LogP contribution in [-0.2, 0) is 9.47 Å². The molecule has 1 saturated heterocycles. The third-order valence-corrected chi connectivity index (χ3v) is 5.18. The molecule has 0 spiro atoms. The predicted octanol–water partition coefficient (Wildman–Crippen LogP) is 2.48. The van der Waals surface area contributed by atoms with E-state index < -0.39 is 0 Å². The Kier molecular flexibility index (Phi) is 7.30. The third-order valence-electron chi connectivity index (χ3n) is 2.04. The molecule has 1 fully saturated rings. The zero-order chi connectivity index (χ0) is 9.36. The van der Waals surface area contributed by atoms with Gasteiger partial charge in [0.2, 0.25) is 0 Å². The van der Waals surface area contributed by atoms with Crippen molar-refractivity contribution in [2.45, 2.75) is 47.8 Å². The summed E-state index contributed by atoms with van der Waals surface area (Å²) in [5.41, 5.74) is 0. The molecule has 0 aromatic heterocycles. The summed E-state index contributed by atoms with van der Waals surface area (Å²) in [5, 5.41) is 0. The molecule has 1 heterocycles. The fourth-order valence-electron chi connectivity index (χ4n) is 1.23. The Hall–Kier alpha value is 0.710. The summed E-state index contributed by atoms with van der Waals surface area (Å²) in [4.78, 5) is 0. The van der Waals surface area contributed by atoms with Crippen molar-refractivity contribution in [1.82, 2.24) is 0 Å². The second-order valence-corrected chi connectivity index (χ2v) is 6.77. The summed E-state index contributed by atoms with van der Waals surface area (Å²) in [7, 11) is 0. The van der Waals surface area contributed by atoms with Gasteiger partial charge in [0.15, 0.2) is 0 Å². The topological polar surface area (TPSA) is 18.5 Å².